The molecule has 2 aliphatic carbocycles. The van der Waals surface area contributed by atoms with Crippen molar-refractivity contribution in [3.63, 3.8) is 0 Å². The van der Waals surface area contributed by atoms with Crippen molar-refractivity contribution >= 4 is 0 Å². The summed E-state index contributed by atoms with van der Waals surface area (Å²) < 4.78 is 0. The molecule has 98 valence electrons. The highest BCUT2D eigenvalue weighted by atomic mass is 14.7. The van der Waals surface area contributed by atoms with Gasteiger partial charge in [0.15, 0.2) is 0 Å². The Balaban J connectivity index is 1.82. The largest absolute Gasteiger partial charge is 0.327 e. The van der Waals surface area contributed by atoms with Crippen LogP contribution >= 0.6 is 0 Å². The average Bonchev–Trinajstić information content (AvgIpc) is 2.83. The van der Waals surface area contributed by atoms with Crippen molar-refractivity contribution < 1.29 is 0 Å². The van der Waals surface area contributed by atoms with Gasteiger partial charge in [-0.3, -0.25) is 4.98 Å². The Labute approximate surface area is 110 Å². The van der Waals surface area contributed by atoms with Crippen molar-refractivity contribution in [2.45, 2.75) is 57.4 Å². The van der Waals surface area contributed by atoms with Crippen molar-refractivity contribution in [2.24, 2.45) is 17.6 Å². The molecule has 1 aromatic heterocycles. The Hall–Kier alpha value is -0.890. The second-order valence-electron chi connectivity index (χ2n) is 6.11. The van der Waals surface area contributed by atoms with E-state index < -0.39 is 0 Å². The number of nitrogens with zero attached hydrogens (tertiary/aromatic N) is 1. The molecule has 2 N–H and O–H groups in total. The van der Waals surface area contributed by atoms with E-state index in [0.29, 0.717) is 17.9 Å². The van der Waals surface area contributed by atoms with Crippen LogP contribution < -0.4 is 5.73 Å². The first-order valence-electron chi connectivity index (χ1n) is 7.49. The Kier molecular flexibility index (Phi) is 3.38. The van der Waals surface area contributed by atoms with E-state index in [1.165, 1.54) is 49.8 Å². The zero-order chi connectivity index (χ0) is 12.5. The minimum absolute atomic E-state index is 0.394. The quantitative estimate of drug-likeness (QED) is 0.867. The number of hydrogen-bond donors (Lipinski definition) is 1. The number of hydrogen-bond acceptors (Lipinski definition) is 2. The zero-order valence-electron chi connectivity index (χ0n) is 11.3. The van der Waals surface area contributed by atoms with Gasteiger partial charge in [-0.25, -0.2) is 0 Å². The third-order valence-electron chi connectivity index (χ3n) is 5.16. The molecule has 4 unspecified atom stereocenters. The van der Waals surface area contributed by atoms with E-state index in [9.17, 15) is 0 Å². The van der Waals surface area contributed by atoms with Crippen LogP contribution in [-0.4, -0.2) is 11.0 Å². The zero-order valence-corrected chi connectivity index (χ0v) is 11.3. The minimum atomic E-state index is 0.394. The average molecular weight is 244 g/mol. The van der Waals surface area contributed by atoms with E-state index >= 15 is 0 Å². The molecule has 0 aromatic carbocycles. The summed E-state index contributed by atoms with van der Waals surface area (Å²) in [5, 5.41) is 0. The molecular weight excluding hydrogens is 220 g/mol. The predicted octanol–water partition coefficient (Wildman–Crippen LogP) is 3.27. The summed E-state index contributed by atoms with van der Waals surface area (Å²) >= 11 is 0. The van der Waals surface area contributed by atoms with Gasteiger partial charge < -0.3 is 5.73 Å². The van der Waals surface area contributed by atoms with Gasteiger partial charge >= 0.3 is 0 Å². The fourth-order valence-corrected chi connectivity index (χ4v) is 4.01. The number of fused-ring (bicyclic) bond motifs is 1. The summed E-state index contributed by atoms with van der Waals surface area (Å²) in [4.78, 5) is 4.65. The minimum Gasteiger partial charge on any atom is -0.327 e. The summed E-state index contributed by atoms with van der Waals surface area (Å²) in [6, 6.07) is 4.70. The second-order valence-corrected chi connectivity index (χ2v) is 6.11. The highest BCUT2D eigenvalue weighted by Gasteiger charge is 2.37. The Morgan fingerprint density at radius 1 is 1.33 bits per heavy atom. The number of pyridine rings is 1. The number of rotatable bonds is 2. The van der Waals surface area contributed by atoms with E-state index in [2.05, 4.69) is 24.0 Å². The first kappa shape index (κ1) is 12.2. The van der Waals surface area contributed by atoms with Gasteiger partial charge in [0.1, 0.15) is 0 Å². The van der Waals surface area contributed by atoms with E-state index in [4.69, 9.17) is 5.73 Å². The van der Waals surface area contributed by atoms with Crippen molar-refractivity contribution in [3.05, 3.63) is 29.6 Å². The maximum atomic E-state index is 6.41. The van der Waals surface area contributed by atoms with Crippen LogP contribution in [0.5, 0.6) is 0 Å². The van der Waals surface area contributed by atoms with Gasteiger partial charge in [-0.05, 0) is 55.6 Å². The van der Waals surface area contributed by atoms with Crippen LogP contribution in [0, 0.1) is 11.8 Å². The molecule has 2 heteroatoms. The standard InChI is InChI=1S/C16H24N2/c1-2-11-5-8-15(17)14(10-11)13-7-6-12-4-3-9-18-16(12)13/h3-4,9,11,13-15H,2,5-8,10,17H2,1H3. The molecule has 0 amide bonds. The van der Waals surface area contributed by atoms with Gasteiger partial charge in [0, 0.05) is 23.9 Å². The lowest BCUT2D eigenvalue weighted by Gasteiger charge is -2.37. The van der Waals surface area contributed by atoms with Crippen molar-refractivity contribution in [1.29, 1.82) is 0 Å². The third-order valence-corrected chi connectivity index (χ3v) is 5.16. The third kappa shape index (κ3) is 2.07. The number of aromatic nitrogens is 1. The van der Waals surface area contributed by atoms with E-state index in [1.807, 2.05) is 6.20 Å². The Morgan fingerprint density at radius 3 is 3.06 bits per heavy atom. The summed E-state index contributed by atoms with van der Waals surface area (Å²) in [5.41, 5.74) is 9.23. The molecule has 1 aromatic rings. The fraction of sp³-hybridized carbons (Fsp3) is 0.688. The summed E-state index contributed by atoms with van der Waals surface area (Å²) in [6.45, 7) is 2.32. The number of nitrogens with two attached hydrogens (primary N) is 1. The van der Waals surface area contributed by atoms with Crippen LogP contribution in [0.2, 0.25) is 0 Å². The van der Waals surface area contributed by atoms with Crippen LogP contribution in [0.15, 0.2) is 18.3 Å². The molecule has 1 fully saturated rings. The van der Waals surface area contributed by atoms with Crippen molar-refractivity contribution in [2.75, 3.05) is 0 Å². The lowest BCUT2D eigenvalue weighted by molar-refractivity contribution is 0.196. The molecule has 18 heavy (non-hydrogen) atoms. The van der Waals surface area contributed by atoms with Crippen molar-refractivity contribution in [3.8, 4) is 0 Å². The molecule has 1 heterocycles. The normalized spacial score (nSPS) is 35.4. The van der Waals surface area contributed by atoms with Gasteiger partial charge in [-0.15, -0.1) is 0 Å². The molecule has 2 aliphatic rings. The van der Waals surface area contributed by atoms with Gasteiger partial charge in [-0.1, -0.05) is 19.4 Å². The molecular formula is C16H24N2. The van der Waals surface area contributed by atoms with Gasteiger partial charge in [0.2, 0.25) is 0 Å². The maximum Gasteiger partial charge on any atom is 0.0469 e. The molecule has 1 saturated carbocycles. The van der Waals surface area contributed by atoms with E-state index in [-0.39, 0.29) is 0 Å². The monoisotopic (exact) mass is 244 g/mol. The van der Waals surface area contributed by atoms with Crippen LogP contribution in [0.4, 0.5) is 0 Å². The Bertz CT molecular complexity index is 415. The van der Waals surface area contributed by atoms with Gasteiger partial charge in [-0.2, -0.15) is 0 Å². The fourth-order valence-electron chi connectivity index (χ4n) is 4.01. The molecule has 0 aliphatic heterocycles. The highest BCUT2D eigenvalue weighted by Crippen LogP contribution is 2.44. The summed E-state index contributed by atoms with van der Waals surface area (Å²) in [5.74, 6) is 2.19. The van der Waals surface area contributed by atoms with Gasteiger partial charge in [0.05, 0.1) is 0 Å². The predicted molar refractivity (Wildman–Crippen MR) is 74.4 cm³/mol. The molecule has 0 spiro atoms. The van der Waals surface area contributed by atoms with Crippen molar-refractivity contribution in [1.82, 2.24) is 4.98 Å². The SMILES string of the molecule is CCC1CCC(N)C(C2CCc3cccnc32)C1. The topological polar surface area (TPSA) is 38.9 Å². The highest BCUT2D eigenvalue weighted by molar-refractivity contribution is 5.29. The lowest BCUT2D eigenvalue weighted by Crippen LogP contribution is -2.39. The van der Waals surface area contributed by atoms with Gasteiger partial charge in [0.25, 0.3) is 0 Å². The van der Waals surface area contributed by atoms with Crippen LogP contribution in [0.25, 0.3) is 0 Å². The lowest BCUT2D eigenvalue weighted by atomic mass is 9.71. The maximum absolute atomic E-state index is 6.41. The smallest absolute Gasteiger partial charge is 0.0469 e. The molecule has 2 nitrogen and oxygen atoms in total. The molecule has 0 saturated heterocycles. The number of aryl methyl sites for hydroxylation is 1. The second kappa shape index (κ2) is 5.00. The van der Waals surface area contributed by atoms with Crippen LogP contribution in [-0.2, 0) is 6.42 Å². The molecule has 0 bridgehead atoms. The molecule has 3 rings (SSSR count). The van der Waals surface area contributed by atoms with Crippen LogP contribution in [0.3, 0.4) is 0 Å². The van der Waals surface area contributed by atoms with E-state index in [0.717, 1.165) is 5.92 Å². The molecule has 0 radical (unpaired) electrons. The van der Waals surface area contributed by atoms with E-state index in [1.54, 1.807) is 0 Å². The Morgan fingerprint density at radius 2 is 2.22 bits per heavy atom. The summed E-state index contributed by atoms with van der Waals surface area (Å²) in [6.07, 6.45) is 9.58. The first-order chi connectivity index (χ1) is 8.79. The van der Waals surface area contributed by atoms with Crippen LogP contribution in [0.1, 0.15) is 56.2 Å². The summed E-state index contributed by atoms with van der Waals surface area (Å²) in [7, 11) is 0. The first-order valence-corrected chi connectivity index (χ1v) is 7.49. The molecule has 4 atom stereocenters.